The zero-order chi connectivity index (χ0) is 19.7. The lowest BCUT2D eigenvalue weighted by atomic mass is 10.0. The van der Waals surface area contributed by atoms with Gasteiger partial charge < -0.3 is 10.2 Å². The Bertz CT molecular complexity index is 1050. The summed E-state index contributed by atoms with van der Waals surface area (Å²) in [4.78, 5) is 27.4. The van der Waals surface area contributed by atoms with Crippen LogP contribution in [0.25, 0.3) is 0 Å². The van der Waals surface area contributed by atoms with E-state index in [9.17, 15) is 18.4 Å². The highest BCUT2D eigenvalue weighted by Crippen LogP contribution is 2.32. The fraction of sp³-hybridized carbons (Fsp3) is 0.0909. The van der Waals surface area contributed by atoms with E-state index in [4.69, 9.17) is 0 Å². The first-order valence-electron chi connectivity index (χ1n) is 8.74. The summed E-state index contributed by atoms with van der Waals surface area (Å²) in [5.41, 5.74) is 1.83. The number of carbonyl (C=O) groups is 2. The smallest absolute Gasteiger partial charge is 0.255 e. The minimum absolute atomic E-state index is 0.142. The summed E-state index contributed by atoms with van der Waals surface area (Å²) < 4.78 is 27.2. The fourth-order valence-corrected chi connectivity index (χ4v) is 3.39. The van der Waals surface area contributed by atoms with Crippen LogP contribution >= 0.6 is 0 Å². The lowest BCUT2D eigenvalue weighted by Crippen LogP contribution is -2.37. The maximum atomic E-state index is 14.0. The number of amides is 2. The molecule has 0 radical (unpaired) electrons. The van der Waals surface area contributed by atoms with E-state index in [1.807, 2.05) is 12.1 Å². The summed E-state index contributed by atoms with van der Waals surface area (Å²) in [6.45, 7) is 0.272. The molecule has 1 heterocycles. The van der Waals surface area contributed by atoms with Crippen LogP contribution in [0.4, 0.5) is 14.5 Å². The van der Waals surface area contributed by atoms with Crippen LogP contribution in [0.3, 0.4) is 0 Å². The zero-order valence-electron chi connectivity index (χ0n) is 14.7. The highest BCUT2D eigenvalue weighted by Gasteiger charge is 2.37. The molecule has 2 amide bonds. The van der Waals surface area contributed by atoms with E-state index in [2.05, 4.69) is 5.32 Å². The molecule has 28 heavy (non-hydrogen) atoms. The largest absolute Gasteiger partial charge is 0.321 e. The molecule has 4 rings (SSSR count). The molecule has 0 aromatic heterocycles. The summed E-state index contributed by atoms with van der Waals surface area (Å²) in [6.07, 6.45) is 0. The SMILES string of the molecule is O=C(Nc1ccc(F)cc1F)C(c1ccccc1)N1Cc2ccccc2C1=O. The predicted molar refractivity (Wildman–Crippen MR) is 100 cm³/mol. The second-order valence-corrected chi connectivity index (χ2v) is 6.52. The molecule has 140 valence electrons. The Labute approximate surface area is 160 Å². The number of benzene rings is 3. The lowest BCUT2D eigenvalue weighted by molar-refractivity contribution is -0.120. The summed E-state index contributed by atoms with van der Waals surface area (Å²) in [7, 11) is 0. The van der Waals surface area contributed by atoms with Crippen LogP contribution in [0.2, 0.25) is 0 Å². The van der Waals surface area contributed by atoms with E-state index >= 15 is 0 Å². The lowest BCUT2D eigenvalue weighted by Gasteiger charge is -2.27. The van der Waals surface area contributed by atoms with Crippen molar-refractivity contribution in [2.24, 2.45) is 0 Å². The number of anilines is 1. The second-order valence-electron chi connectivity index (χ2n) is 6.52. The third-order valence-corrected chi connectivity index (χ3v) is 4.71. The standard InChI is InChI=1S/C22H16F2N2O2/c23-16-10-11-19(18(24)12-16)25-21(27)20(14-6-2-1-3-7-14)26-13-15-8-4-5-9-17(15)22(26)28/h1-12,20H,13H2,(H,25,27). The Balaban J connectivity index is 1.69. The third-order valence-electron chi connectivity index (χ3n) is 4.71. The summed E-state index contributed by atoms with van der Waals surface area (Å²) >= 11 is 0. The highest BCUT2D eigenvalue weighted by atomic mass is 19.1. The first kappa shape index (κ1) is 17.9. The predicted octanol–water partition coefficient (Wildman–Crippen LogP) is 4.30. The van der Waals surface area contributed by atoms with Gasteiger partial charge in [-0.25, -0.2) is 8.78 Å². The first-order valence-corrected chi connectivity index (χ1v) is 8.74. The average Bonchev–Trinajstić information content (AvgIpc) is 3.02. The van der Waals surface area contributed by atoms with E-state index in [-0.39, 0.29) is 18.1 Å². The van der Waals surface area contributed by atoms with Gasteiger partial charge in [0.25, 0.3) is 11.8 Å². The van der Waals surface area contributed by atoms with Crippen LogP contribution in [-0.2, 0) is 11.3 Å². The quantitative estimate of drug-likeness (QED) is 0.736. The van der Waals surface area contributed by atoms with Crippen LogP contribution in [0.15, 0.2) is 72.8 Å². The monoisotopic (exact) mass is 378 g/mol. The average molecular weight is 378 g/mol. The molecule has 0 saturated carbocycles. The molecule has 3 aromatic carbocycles. The molecule has 1 aliphatic rings. The van der Waals surface area contributed by atoms with E-state index in [1.165, 1.54) is 4.90 Å². The zero-order valence-corrected chi connectivity index (χ0v) is 14.7. The number of nitrogens with zero attached hydrogens (tertiary/aromatic N) is 1. The van der Waals surface area contributed by atoms with Crippen LogP contribution in [0, 0.1) is 11.6 Å². The highest BCUT2D eigenvalue weighted by molar-refractivity contribution is 6.04. The Hall–Kier alpha value is -3.54. The van der Waals surface area contributed by atoms with Gasteiger partial charge in [-0.3, -0.25) is 9.59 Å². The molecule has 0 saturated heterocycles. The summed E-state index contributed by atoms with van der Waals surface area (Å²) in [6, 6.07) is 17.9. The number of carbonyl (C=O) groups excluding carboxylic acids is 2. The van der Waals surface area contributed by atoms with Gasteiger partial charge in [-0.15, -0.1) is 0 Å². The normalized spacial score (nSPS) is 13.9. The van der Waals surface area contributed by atoms with E-state index in [1.54, 1.807) is 42.5 Å². The molecule has 0 spiro atoms. The summed E-state index contributed by atoms with van der Waals surface area (Å²) in [5.74, 6) is -2.45. The van der Waals surface area contributed by atoms with Gasteiger partial charge in [0.05, 0.1) is 5.69 Å². The maximum Gasteiger partial charge on any atom is 0.255 e. The molecule has 0 aliphatic carbocycles. The topological polar surface area (TPSA) is 49.4 Å². The van der Waals surface area contributed by atoms with Gasteiger partial charge in [0.2, 0.25) is 0 Å². The fourth-order valence-electron chi connectivity index (χ4n) is 3.39. The minimum Gasteiger partial charge on any atom is -0.321 e. The summed E-state index contributed by atoms with van der Waals surface area (Å²) in [5, 5.41) is 2.49. The Morgan fingerprint density at radius 2 is 1.68 bits per heavy atom. The van der Waals surface area contributed by atoms with Gasteiger partial charge in [0.1, 0.15) is 17.7 Å². The molecule has 1 unspecified atom stereocenters. The molecule has 0 bridgehead atoms. The van der Waals surface area contributed by atoms with Crippen molar-refractivity contribution in [3.8, 4) is 0 Å². The van der Waals surface area contributed by atoms with Gasteiger partial charge in [0, 0.05) is 18.2 Å². The Morgan fingerprint density at radius 1 is 0.964 bits per heavy atom. The van der Waals surface area contributed by atoms with E-state index < -0.39 is 23.6 Å². The van der Waals surface area contributed by atoms with Gasteiger partial charge in [-0.2, -0.15) is 0 Å². The maximum absolute atomic E-state index is 14.0. The van der Waals surface area contributed by atoms with Gasteiger partial charge in [0.15, 0.2) is 0 Å². The molecule has 0 fully saturated rings. The molecule has 1 N–H and O–H groups in total. The number of nitrogens with one attached hydrogen (secondary N) is 1. The molecule has 3 aromatic rings. The van der Waals surface area contributed by atoms with Crippen molar-refractivity contribution < 1.29 is 18.4 Å². The van der Waals surface area contributed by atoms with Crippen molar-refractivity contribution in [3.63, 3.8) is 0 Å². The van der Waals surface area contributed by atoms with Crippen LogP contribution in [0.1, 0.15) is 27.5 Å². The number of fused-ring (bicyclic) bond motifs is 1. The molecule has 4 nitrogen and oxygen atoms in total. The van der Waals surface area contributed by atoms with Crippen LogP contribution in [0.5, 0.6) is 0 Å². The molecule has 1 aliphatic heterocycles. The second kappa shape index (κ2) is 7.23. The van der Waals surface area contributed by atoms with Crippen molar-refractivity contribution in [1.82, 2.24) is 4.90 Å². The van der Waals surface area contributed by atoms with Crippen molar-refractivity contribution in [2.75, 3.05) is 5.32 Å². The molecular weight excluding hydrogens is 362 g/mol. The number of hydrogen-bond acceptors (Lipinski definition) is 2. The molecule has 6 heteroatoms. The van der Waals surface area contributed by atoms with Crippen molar-refractivity contribution >= 4 is 17.5 Å². The van der Waals surface area contributed by atoms with Gasteiger partial charge in [-0.1, -0.05) is 48.5 Å². The Morgan fingerprint density at radius 3 is 2.39 bits per heavy atom. The number of rotatable bonds is 4. The molecular formula is C22H16F2N2O2. The van der Waals surface area contributed by atoms with Crippen molar-refractivity contribution in [3.05, 3.63) is 101 Å². The van der Waals surface area contributed by atoms with E-state index in [0.29, 0.717) is 17.2 Å². The first-order chi connectivity index (χ1) is 13.5. The van der Waals surface area contributed by atoms with Crippen LogP contribution < -0.4 is 5.32 Å². The molecule has 1 atom stereocenters. The van der Waals surface area contributed by atoms with Crippen molar-refractivity contribution in [1.29, 1.82) is 0 Å². The van der Waals surface area contributed by atoms with Gasteiger partial charge in [-0.05, 0) is 29.3 Å². The van der Waals surface area contributed by atoms with Gasteiger partial charge >= 0.3 is 0 Å². The van der Waals surface area contributed by atoms with Crippen molar-refractivity contribution in [2.45, 2.75) is 12.6 Å². The third kappa shape index (κ3) is 3.24. The van der Waals surface area contributed by atoms with Crippen LogP contribution in [-0.4, -0.2) is 16.7 Å². The number of hydrogen-bond donors (Lipinski definition) is 1. The Kier molecular flexibility index (Phi) is 4.61. The minimum atomic E-state index is -0.953. The number of halogens is 2. The van der Waals surface area contributed by atoms with E-state index in [0.717, 1.165) is 17.7 Å².